The normalized spacial score (nSPS) is 12.0. The van der Waals surface area contributed by atoms with Crippen molar-refractivity contribution in [3.05, 3.63) is 54.0 Å². The van der Waals surface area contributed by atoms with E-state index < -0.39 is 0 Å². The molecule has 0 spiro atoms. The molecule has 0 saturated carbocycles. The summed E-state index contributed by atoms with van der Waals surface area (Å²) in [6, 6.07) is 2.32. The zero-order chi connectivity index (χ0) is 23.4. The highest BCUT2D eigenvalue weighted by Crippen LogP contribution is 2.28. The lowest BCUT2D eigenvalue weighted by Crippen LogP contribution is -2.19. The van der Waals surface area contributed by atoms with Gasteiger partial charge >= 0.3 is 0 Å². The van der Waals surface area contributed by atoms with Crippen LogP contribution in [0.4, 0.5) is 5.82 Å². The number of hydrogen-bond donors (Lipinski definition) is 1. The largest absolute Gasteiger partial charge is 0.363 e. The first-order chi connectivity index (χ1) is 14.5. The third-order valence-electron chi connectivity index (χ3n) is 4.62. The minimum Gasteiger partial charge on any atom is -0.363 e. The van der Waals surface area contributed by atoms with E-state index in [2.05, 4.69) is 55.9 Å². The first-order valence-corrected chi connectivity index (χ1v) is 12.1. The Kier molecular flexibility index (Phi) is 20.6. The Morgan fingerprint density at radius 1 is 1.07 bits per heavy atom. The molecule has 0 saturated heterocycles. The molecule has 1 atom stereocenters. The van der Waals surface area contributed by atoms with Gasteiger partial charge in [0.2, 0.25) is 0 Å². The van der Waals surface area contributed by atoms with E-state index in [1.165, 1.54) is 49.8 Å². The van der Waals surface area contributed by atoms with E-state index in [4.69, 9.17) is 4.98 Å². The van der Waals surface area contributed by atoms with E-state index in [-0.39, 0.29) is 6.04 Å². The predicted molar refractivity (Wildman–Crippen MR) is 137 cm³/mol. The quantitative estimate of drug-likeness (QED) is 0.346. The van der Waals surface area contributed by atoms with Crippen LogP contribution in [0.1, 0.15) is 111 Å². The van der Waals surface area contributed by atoms with Gasteiger partial charge in [-0.1, -0.05) is 98.1 Å². The number of unbranched alkanes of at least 4 members (excludes halogenated alkanes) is 2. The maximum absolute atomic E-state index is 4.77. The Balaban J connectivity index is 0. The molecule has 1 aromatic heterocycles. The lowest BCUT2D eigenvalue weighted by atomic mass is 9.92. The van der Waals surface area contributed by atoms with Crippen LogP contribution in [0.15, 0.2) is 42.5 Å². The monoisotopic (exact) mass is 415 g/mol. The molecule has 3 heteroatoms. The summed E-state index contributed by atoms with van der Waals surface area (Å²) in [5, 5.41) is 3.54. The molecule has 1 rings (SSSR count). The molecule has 0 radical (unpaired) electrons. The summed E-state index contributed by atoms with van der Waals surface area (Å²) in [4.78, 5) is 9.39. The standard InChI is InChI=1S/C23H37N3.2C2H6/c1-7-11-15-21(16-12-8-2)22-17-23(26-19(6)25-22)24-18(5)20(13-9-3)14-10-4;2*1-2/h9-10,13-14,17-18,21H,3,7-8,11-12,15-16H2,1-2,4-6H3,(H,24,25,26);2*1-2H3/b14-10-,20-13+;;. The van der Waals surface area contributed by atoms with E-state index in [9.17, 15) is 0 Å². The molecular formula is C27H49N3. The van der Waals surface area contributed by atoms with Gasteiger partial charge in [0.05, 0.1) is 0 Å². The first kappa shape index (κ1) is 30.3. The topological polar surface area (TPSA) is 37.8 Å². The van der Waals surface area contributed by atoms with E-state index in [1.54, 1.807) is 0 Å². The van der Waals surface area contributed by atoms with Crippen molar-refractivity contribution >= 4 is 5.82 Å². The van der Waals surface area contributed by atoms with E-state index >= 15 is 0 Å². The molecule has 172 valence electrons. The molecule has 30 heavy (non-hydrogen) atoms. The molecule has 1 aromatic rings. The van der Waals surface area contributed by atoms with Crippen LogP contribution in [0, 0.1) is 6.92 Å². The fourth-order valence-electron chi connectivity index (χ4n) is 3.19. The number of nitrogens with zero attached hydrogens (tertiary/aromatic N) is 2. The van der Waals surface area contributed by atoms with E-state index in [0.717, 1.165) is 11.6 Å². The van der Waals surface area contributed by atoms with Crippen molar-refractivity contribution in [1.82, 2.24) is 9.97 Å². The summed E-state index contributed by atoms with van der Waals surface area (Å²) in [5.41, 5.74) is 2.38. The number of aryl methyl sites for hydroxylation is 1. The van der Waals surface area contributed by atoms with Crippen LogP contribution in [0.5, 0.6) is 0 Å². The fourth-order valence-corrected chi connectivity index (χ4v) is 3.19. The van der Waals surface area contributed by atoms with Crippen LogP contribution >= 0.6 is 0 Å². The van der Waals surface area contributed by atoms with Crippen LogP contribution in [0.3, 0.4) is 0 Å². The van der Waals surface area contributed by atoms with Gasteiger partial charge in [-0.05, 0) is 39.2 Å². The van der Waals surface area contributed by atoms with Gasteiger partial charge in [-0.15, -0.1) is 0 Å². The highest BCUT2D eigenvalue weighted by atomic mass is 15.0. The molecule has 0 bridgehead atoms. The molecule has 1 N–H and O–H groups in total. The second-order valence-electron chi connectivity index (χ2n) is 6.98. The van der Waals surface area contributed by atoms with Gasteiger partial charge in [0.15, 0.2) is 0 Å². The van der Waals surface area contributed by atoms with Crippen LogP contribution < -0.4 is 5.32 Å². The first-order valence-electron chi connectivity index (χ1n) is 12.1. The molecule has 0 aliphatic heterocycles. The summed E-state index contributed by atoms with van der Waals surface area (Å²) in [7, 11) is 0. The Bertz CT molecular complexity index is 594. The Hall–Kier alpha value is -1.90. The molecule has 0 fully saturated rings. The molecule has 0 aromatic carbocycles. The summed E-state index contributed by atoms with van der Waals surface area (Å²) >= 11 is 0. The predicted octanol–water partition coefficient (Wildman–Crippen LogP) is 8.79. The summed E-state index contributed by atoms with van der Waals surface area (Å²) in [6.07, 6.45) is 15.4. The van der Waals surface area contributed by atoms with Crippen molar-refractivity contribution in [2.45, 2.75) is 113 Å². The number of aromatic nitrogens is 2. The number of allylic oxidation sites excluding steroid dienone is 3. The van der Waals surface area contributed by atoms with Crippen molar-refractivity contribution in [1.29, 1.82) is 0 Å². The van der Waals surface area contributed by atoms with Crippen LogP contribution in [-0.2, 0) is 0 Å². The lowest BCUT2D eigenvalue weighted by molar-refractivity contribution is 0.513. The van der Waals surface area contributed by atoms with Crippen LogP contribution in [0.2, 0.25) is 0 Å². The third-order valence-corrected chi connectivity index (χ3v) is 4.62. The lowest BCUT2D eigenvalue weighted by Gasteiger charge is -2.20. The van der Waals surface area contributed by atoms with Gasteiger partial charge in [0.25, 0.3) is 0 Å². The minimum absolute atomic E-state index is 0.163. The summed E-state index contributed by atoms with van der Waals surface area (Å²) in [5.74, 6) is 2.29. The number of anilines is 1. The zero-order valence-corrected chi connectivity index (χ0v) is 21.4. The molecule has 1 heterocycles. The number of nitrogens with one attached hydrogen (secondary N) is 1. The fraction of sp³-hybridized carbons (Fsp3) is 0.630. The van der Waals surface area contributed by atoms with E-state index in [0.29, 0.717) is 5.92 Å². The zero-order valence-electron chi connectivity index (χ0n) is 21.4. The van der Waals surface area contributed by atoms with Gasteiger partial charge in [0.1, 0.15) is 11.6 Å². The second kappa shape index (κ2) is 20.4. The maximum Gasteiger partial charge on any atom is 0.130 e. The second-order valence-corrected chi connectivity index (χ2v) is 6.98. The SMILES string of the molecule is C=C/C=C(\C=C/C)C(C)Nc1cc(C(CCCC)CCCC)nc(C)n1.CC.CC. The molecule has 0 aliphatic carbocycles. The van der Waals surface area contributed by atoms with Crippen LogP contribution in [0.25, 0.3) is 0 Å². The smallest absolute Gasteiger partial charge is 0.130 e. The van der Waals surface area contributed by atoms with Gasteiger partial charge in [0, 0.05) is 23.7 Å². The molecular weight excluding hydrogens is 366 g/mol. The van der Waals surface area contributed by atoms with Gasteiger partial charge in [-0.25, -0.2) is 9.97 Å². The van der Waals surface area contributed by atoms with E-state index in [1.807, 2.05) is 53.7 Å². The third kappa shape index (κ3) is 12.6. The van der Waals surface area contributed by atoms with Crippen molar-refractivity contribution in [2.24, 2.45) is 0 Å². The van der Waals surface area contributed by atoms with Crippen molar-refractivity contribution in [3.8, 4) is 0 Å². The van der Waals surface area contributed by atoms with Gasteiger partial charge in [-0.2, -0.15) is 0 Å². The highest BCUT2D eigenvalue weighted by Gasteiger charge is 2.15. The number of rotatable bonds is 12. The average molecular weight is 416 g/mol. The minimum atomic E-state index is 0.163. The summed E-state index contributed by atoms with van der Waals surface area (Å²) < 4.78 is 0. The van der Waals surface area contributed by atoms with Crippen molar-refractivity contribution in [2.75, 3.05) is 5.32 Å². The molecule has 0 aliphatic rings. The Morgan fingerprint density at radius 3 is 2.10 bits per heavy atom. The molecule has 1 unspecified atom stereocenters. The molecule has 0 amide bonds. The van der Waals surface area contributed by atoms with Crippen LogP contribution in [-0.4, -0.2) is 16.0 Å². The average Bonchev–Trinajstić information content (AvgIpc) is 2.76. The van der Waals surface area contributed by atoms with Gasteiger partial charge in [-0.3, -0.25) is 0 Å². The van der Waals surface area contributed by atoms with Crippen molar-refractivity contribution < 1.29 is 0 Å². The maximum atomic E-state index is 4.77. The summed E-state index contributed by atoms with van der Waals surface area (Å²) in [6.45, 7) is 22.5. The number of hydrogen-bond acceptors (Lipinski definition) is 3. The Morgan fingerprint density at radius 2 is 1.63 bits per heavy atom. The van der Waals surface area contributed by atoms with Gasteiger partial charge < -0.3 is 5.32 Å². The highest BCUT2D eigenvalue weighted by molar-refractivity contribution is 5.43. The Labute approximate surface area is 188 Å². The molecule has 3 nitrogen and oxygen atoms in total. The van der Waals surface area contributed by atoms with Crippen molar-refractivity contribution in [3.63, 3.8) is 0 Å².